The Kier molecular flexibility index (Phi) is 3.37. The van der Waals surface area contributed by atoms with Crippen LogP contribution in [-0.2, 0) is 13.6 Å². The third kappa shape index (κ3) is 2.86. The molecule has 96 valence electrons. The van der Waals surface area contributed by atoms with Crippen molar-refractivity contribution in [2.75, 3.05) is 0 Å². The second kappa shape index (κ2) is 5.16. The van der Waals surface area contributed by atoms with Crippen LogP contribution in [-0.4, -0.2) is 19.6 Å². The topological polar surface area (TPSA) is 35.6 Å². The van der Waals surface area contributed by atoms with Crippen LogP contribution in [0.5, 0.6) is 0 Å². The van der Waals surface area contributed by atoms with Crippen molar-refractivity contribution in [2.45, 2.75) is 6.54 Å². The molecule has 19 heavy (non-hydrogen) atoms. The molecule has 0 aliphatic carbocycles. The second-order valence-electron chi connectivity index (χ2n) is 4.46. The molecule has 3 rings (SSSR count). The summed E-state index contributed by atoms with van der Waals surface area (Å²) in [5, 5.41) is 8.56. The smallest absolute Gasteiger partial charge is 0.0690 e. The van der Waals surface area contributed by atoms with Crippen molar-refractivity contribution in [3.63, 3.8) is 0 Å². The number of rotatable bonds is 3. The van der Waals surface area contributed by atoms with E-state index >= 15 is 0 Å². The van der Waals surface area contributed by atoms with Gasteiger partial charge in [0.25, 0.3) is 0 Å². The molecule has 0 atom stereocenters. The van der Waals surface area contributed by atoms with Gasteiger partial charge in [0.05, 0.1) is 18.9 Å². The average molecular weight is 364 g/mol. The van der Waals surface area contributed by atoms with Crippen LogP contribution in [0.15, 0.2) is 49.1 Å². The lowest BCUT2D eigenvalue weighted by atomic mass is 10.1. The molecule has 0 amide bonds. The third-order valence-corrected chi connectivity index (χ3v) is 3.63. The predicted molar refractivity (Wildman–Crippen MR) is 82.7 cm³/mol. The molecule has 0 fully saturated rings. The van der Waals surface area contributed by atoms with Crippen LogP contribution < -0.4 is 0 Å². The standard InChI is InChI=1S/C14H13IN4/c1-18-8-11(6-16-18)9-19-10-13(7-17-19)12-2-4-14(15)5-3-12/h2-8,10H,9H2,1H3. The zero-order valence-electron chi connectivity index (χ0n) is 10.5. The SMILES string of the molecule is Cn1cc(Cn2cc(-c3ccc(I)cc3)cn2)cn1. The number of nitrogens with zero attached hydrogens (tertiary/aromatic N) is 4. The zero-order valence-corrected chi connectivity index (χ0v) is 12.7. The van der Waals surface area contributed by atoms with Gasteiger partial charge >= 0.3 is 0 Å². The fourth-order valence-corrected chi connectivity index (χ4v) is 2.34. The van der Waals surface area contributed by atoms with Crippen LogP contribution in [0.25, 0.3) is 11.1 Å². The van der Waals surface area contributed by atoms with Gasteiger partial charge in [-0.05, 0) is 40.3 Å². The molecule has 0 bridgehead atoms. The number of benzene rings is 1. The van der Waals surface area contributed by atoms with E-state index < -0.39 is 0 Å². The highest BCUT2D eigenvalue weighted by Gasteiger charge is 2.03. The fraction of sp³-hybridized carbons (Fsp3) is 0.143. The van der Waals surface area contributed by atoms with E-state index in [1.165, 1.54) is 9.13 Å². The summed E-state index contributed by atoms with van der Waals surface area (Å²) in [7, 11) is 1.92. The molecule has 2 heterocycles. The Morgan fingerprint density at radius 1 is 1.00 bits per heavy atom. The van der Waals surface area contributed by atoms with Gasteiger partial charge in [-0.25, -0.2) is 0 Å². The summed E-state index contributed by atoms with van der Waals surface area (Å²) in [5.74, 6) is 0. The monoisotopic (exact) mass is 364 g/mol. The first-order chi connectivity index (χ1) is 9.20. The predicted octanol–water partition coefficient (Wildman–Crippen LogP) is 2.94. The Morgan fingerprint density at radius 2 is 1.79 bits per heavy atom. The summed E-state index contributed by atoms with van der Waals surface area (Å²) in [5.41, 5.74) is 3.48. The first kappa shape index (κ1) is 12.4. The van der Waals surface area contributed by atoms with E-state index in [0.29, 0.717) is 0 Å². The lowest BCUT2D eigenvalue weighted by molar-refractivity contribution is 0.685. The molecule has 2 aromatic heterocycles. The Morgan fingerprint density at radius 3 is 2.47 bits per heavy atom. The molecule has 4 nitrogen and oxygen atoms in total. The maximum absolute atomic E-state index is 4.40. The maximum atomic E-state index is 4.40. The van der Waals surface area contributed by atoms with Gasteiger partial charge in [0.2, 0.25) is 0 Å². The lowest BCUT2D eigenvalue weighted by Gasteiger charge is -1.98. The molecule has 0 saturated heterocycles. The molecule has 1 aromatic carbocycles. The number of hydrogen-bond donors (Lipinski definition) is 0. The van der Waals surface area contributed by atoms with E-state index in [9.17, 15) is 0 Å². The number of halogens is 1. The summed E-state index contributed by atoms with van der Waals surface area (Å²) in [6, 6.07) is 8.45. The van der Waals surface area contributed by atoms with E-state index in [1.807, 2.05) is 30.3 Å². The van der Waals surface area contributed by atoms with Crippen LogP contribution in [0.2, 0.25) is 0 Å². The van der Waals surface area contributed by atoms with E-state index in [0.717, 1.165) is 17.7 Å². The highest BCUT2D eigenvalue weighted by molar-refractivity contribution is 14.1. The Balaban J connectivity index is 1.81. The second-order valence-corrected chi connectivity index (χ2v) is 5.70. The number of aryl methyl sites for hydroxylation is 1. The van der Waals surface area contributed by atoms with Gasteiger partial charge in [-0.1, -0.05) is 12.1 Å². The molecule has 0 aliphatic rings. The van der Waals surface area contributed by atoms with Gasteiger partial charge in [0.1, 0.15) is 0 Å². The van der Waals surface area contributed by atoms with Crippen molar-refractivity contribution >= 4 is 22.6 Å². The minimum Gasteiger partial charge on any atom is -0.275 e. The normalized spacial score (nSPS) is 10.8. The molecular formula is C14H13IN4. The van der Waals surface area contributed by atoms with Crippen LogP contribution in [0.4, 0.5) is 0 Å². The molecule has 0 N–H and O–H groups in total. The van der Waals surface area contributed by atoms with E-state index in [1.54, 1.807) is 4.68 Å². The van der Waals surface area contributed by atoms with Crippen LogP contribution in [0.3, 0.4) is 0 Å². The van der Waals surface area contributed by atoms with Gasteiger partial charge in [0, 0.05) is 34.1 Å². The summed E-state index contributed by atoms with van der Waals surface area (Å²) in [6.45, 7) is 0.748. The van der Waals surface area contributed by atoms with Gasteiger partial charge < -0.3 is 0 Å². The first-order valence-electron chi connectivity index (χ1n) is 5.96. The molecule has 5 heteroatoms. The maximum Gasteiger partial charge on any atom is 0.0690 e. The van der Waals surface area contributed by atoms with Crippen molar-refractivity contribution < 1.29 is 0 Å². The molecule has 0 saturated carbocycles. The molecular weight excluding hydrogens is 351 g/mol. The summed E-state index contributed by atoms with van der Waals surface area (Å²) in [4.78, 5) is 0. The van der Waals surface area contributed by atoms with Crippen LogP contribution in [0, 0.1) is 3.57 Å². The van der Waals surface area contributed by atoms with Gasteiger partial charge in [0.15, 0.2) is 0 Å². The highest BCUT2D eigenvalue weighted by Crippen LogP contribution is 2.20. The third-order valence-electron chi connectivity index (χ3n) is 2.91. The average Bonchev–Trinajstić information content (AvgIpc) is 3.00. The quantitative estimate of drug-likeness (QED) is 0.670. The molecule has 0 unspecified atom stereocenters. The largest absolute Gasteiger partial charge is 0.275 e. The molecule has 0 aliphatic heterocycles. The summed E-state index contributed by atoms with van der Waals surface area (Å²) < 4.78 is 4.98. The van der Waals surface area contributed by atoms with E-state index in [2.05, 4.69) is 63.3 Å². The zero-order chi connectivity index (χ0) is 13.2. The van der Waals surface area contributed by atoms with Crippen molar-refractivity contribution in [1.82, 2.24) is 19.6 Å². The minimum absolute atomic E-state index is 0.748. The van der Waals surface area contributed by atoms with E-state index in [4.69, 9.17) is 0 Å². The molecule has 0 spiro atoms. The van der Waals surface area contributed by atoms with Crippen molar-refractivity contribution in [3.8, 4) is 11.1 Å². The highest BCUT2D eigenvalue weighted by atomic mass is 127. The number of hydrogen-bond acceptors (Lipinski definition) is 2. The van der Waals surface area contributed by atoms with Crippen LogP contribution >= 0.6 is 22.6 Å². The Labute approximate surface area is 125 Å². The summed E-state index contributed by atoms with van der Waals surface area (Å²) in [6.07, 6.45) is 7.84. The Bertz CT molecular complexity index is 682. The van der Waals surface area contributed by atoms with Crippen molar-refractivity contribution in [2.24, 2.45) is 7.05 Å². The molecule has 3 aromatic rings. The Hall–Kier alpha value is -1.63. The minimum atomic E-state index is 0.748. The van der Waals surface area contributed by atoms with Crippen molar-refractivity contribution in [1.29, 1.82) is 0 Å². The number of aromatic nitrogens is 4. The van der Waals surface area contributed by atoms with Crippen molar-refractivity contribution in [3.05, 3.63) is 58.2 Å². The molecule has 0 radical (unpaired) electrons. The van der Waals surface area contributed by atoms with E-state index in [-0.39, 0.29) is 0 Å². The summed E-state index contributed by atoms with van der Waals surface area (Å²) >= 11 is 2.31. The fourth-order valence-electron chi connectivity index (χ4n) is 1.98. The van der Waals surface area contributed by atoms with Gasteiger partial charge in [-0.3, -0.25) is 9.36 Å². The lowest BCUT2D eigenvalue weighted by Crippen LogP contribution is -1.98. The van der Waals surface area contributed by atoms with Gasteiger partial charge in [-0.2, -0.15) is 10.2 Å². The van der Waals surface area contributed by atoms with Crippen LogP contribution in [0.1, 0.15) is 5.56 Å². The van der Waals surface area contributed by atoms with Gasteiger partial charge in [-0.15, -0.1) is 0 Å². The first-order valence-corrected chi connectivity index (χ1v) is 7.04.